The molecule has 1 aliphatic carbocycles. The monoisotopic (exact) mass is 312 g/mol. The first kappa shape index (κ1) is 18.2. The van der Waals surface area contributed by atoms with Crippen molar-refractivity contribution >= 4 is 0 Å². The molecule has 1 aliphatic heterocycles. The van der Waals surface area contributed by atoms with E-state index in [0.717, 1.165) is 5.92 Å². The molecule has 130 valence electrons. The van der Waals surface area contributed by atoms with Gasteiger partial charge in [0.2, 0.25) is 0 Å². The van der Waals surface area contributed by atoms with Gasteiger partial charge in [-0.15, -0.1) is 0 Å². The van der Waals surface area contributed by atoms with E-state index in [0.29, 0.717) is 18.1 Å². The Morgan fingerprint density at radius 1 is 0.955 bits per heavy atom. The third-order valence-electron chi connectivity index (χ3n) is 5.53. The van der Waals surface area contributed by atoms with Crippen LogP contribution < -0.4 is 0 Å². The molecule has 0 spiro atoms. The summed E-state index contributed by atoms with van der Waals surface area (Å²) in [5.41, 5.74) is 0. The maximum Gasteiger partial charge on any atom is 0.159 e. The smallest absolute Gasteiger partial charge is 0.159 e. The van der Waals surface area contributed by atoms with Crippen molar-refractivity contribution in [2.24, 2.45) is 11.8 Å². The van der Waals surface area contributed by atoms with Crippen molar-refractivity contribution in [1.29, 1.82) is 0 Å². The summed E-state index contributed by atoms with van der Waals surface area (Å²) in [6, 6.07) is 0. The highest BCUT2D eigenvalue weighted by Gasteiger charge is 2.44. The van der Waals surface area contributed by atoms with Gasteiger partial charge in [-0.25, -0.2) is 0 Å². The number of unbranched alkanes of at least 4 members (excludes halogenated alkanes) is 5. The van der Waals surface area contributed by atoms with E-state index in [9.17, 15) is 0 Å². The first-order valence-corrected chi connectivity index (χ1v) is 9.49. The van der Waals surface area contributed by atoms with Crippen molar-refractivity contribution in [3.05, 3.63) is 0 Å². The fourth-order valence-electron chi connectivity index (χ4n) is 4.16. The maximum absolute atomic E-state index is 5.68. The minimum Gasteiger partial charge on any atom is -0.370 e. The van der Waals surface area contributed by atoms with E-state index in [1.54, 1.807) is 14.2 Å². The summed E-state index contributed by atoms with van der Waals surface area (Å²) in [6.45, 7) is 2.27. The molecule has 4 unspecified atom stereocenters. The zero-order chi connectivity index (χ0) is 15.8. The predicted octanol–water partition coefficient (Wildman–Crippen LogP) is 4.93. The van der Waals surface area contributed by atoms with Gasteiger partial charge in [-0.05, 0) is 38.0 Å². The molecule has 1 saturated heterocycles. The summed E-state index contributed by atoms with van der Waals surface area (Å²) >= 11 is 0. The van der Waals surface area contributed by atoms with E-state index in [4.69, 9.17) is 14.2 Å². The van der Waals surface area contributed by atoms with Crippen LogP contribution in [-0.2, 0) is 14.2 Å². The molecule has 0 bridgehead atoms. The first-order chi connectivity index (χ1) is 10.8. The van der Waals surface area contributed by atoms with Crippen LogP contribution in [0.15, 0.2) is 0 Å². The van der Waals surface area contributed by atoms with Gasteiger partial charge in [-0.1, -0.05) is 45.4 Å². The molecule has 1 saturated carbocycles. The molecule has 3 heteroatoms. The molecule has 2 aliphatic rings. The number of hydrogen-bond acceptors (Lipinski definition) is 3. The second-order valence-electron chi connectivity index (χ2n) is 7.28. The SMILES string of the molecule is CCCCCCCCC(CC1CCC2OC2C1)C(OC)OC. The van der Waals surface area contributed by atoms with Crippen LogP contribution in [0.25, 0.3) is 0 Å². The molecule has 0 N–H and O–H groups in total. The van der Waals surface area contributed by atoms with Crippen LogP contribution in [0.4, 0.5) is 0 Å². The largest absolute Gasteiger partial charge is 0.370 e. The van der Waals surface area contributed by atoms with E-state index >= 15 is 0 Å². The topological polar surface area (TPSA) is 31.0 Å². The van der Waals surface area contributed by atoms with Gasteiger partial charge in [0.15, 0.2) is 6.29 Å². The summed E-state index contributed by atoms with van der Waals surface area (Å²) in [4.78, 5) is 0. The average molecular weight is 312 g/mol. The normalized spacial score (nSPS) is 28.6. The Kier molecular flexibility index (Phi) is 8.19. The van der Waals surface area contributed by atoms with Gasteiger partial charge < -0.3 is 14.2 Å². The summed E-state index contributed by atoms with van der Waals surface area (Å²) < 4.78 is 16.8. The van der Waals surface area contributed by atoms with Gasteiger partial charge in [0.25, 0.3) is 0 Å². The number of methoxy groups -OCH3 is 2. The summed E-state index contributed by atoms with van der Waals surface area (Å²) in [5, 5.41) is 0. The summed E-state index contributed by atoms with van der Waals surface area (Å²) in [5.74, 6) is 1.35. The molecule has 2 rings (SSSR count). The van der Waals surface area contributed by atoms with E-state index in [1.807, 2.05) is 0 Å². The fraction of sp³-hybridized carbons (Fsp3) is 1.00. The molecule has 4 atom stereocenters. The average Bonchev–Trinajstić information content (AvgIpc) is 3.30. The molecule has 22 heavy (non-hydrogen) atoms. The highest BCUT2D eigenvalue weighted by atomic mass is 16.7. The standard InChI is InChI=1S/C19H36O3/c1-4-5-6-7-8-9-10-16(19(20-2)21-3)13-15-11-12-17-18(14-15)22-17/h15-19H,4-14H2,1-3H3. The molecule has 3 nitrogen and oxygen atoms in total. The lowest BCUT2D eigenvalue weighted by molar-refractivity contribution is -0.143. The Morgan fingerprint density at radius 2 is 1.68 bits per heavy atom. The minimum absolute atomic E-state index is 0.0338. The summed E-state index contributed by atoms with van der Waals surface area (Å²) in [7, 11) is 3.56. The summed E-state index contributed by atoms with van der Waals surface area (Å²) in [6.07, 6.45) is 15.6. The second kappa shape index (κ2) is 9.89. The fourth-order valence-corrected chi connectivity index (χ4v) is 4.16. The van der Waals surface area contributed by atoms with Crippen LogP contribution in [0.1, 0.15) is 77.6 Å². The van der Waals surface area contributed by atoms with Crippen molar-refractivity contribution in [2.75, 3.05) is 14.2 Å². The predicted molar refractivity (Wildman–Crippen MR) is 89.9 cm³/mol. The van der Waals surface area contributed by atoms with Gasteiger partial charge in [0.05, 0.1) is 12.2 Å². The van der Waals surface area contributed by atoms with E-state index in [2.05, 4.69) is 6.92 Å². The molecule has 0 aromatic heterocycles. The van der Waals surface area contributed by atoms with Gasteiger partial charge >= 0.3 is 0 Å². The number of ether oxygens (including phenoxy) is 3. The van der Waals surface area contributed by atoms with Crippen molar-refractivity contribution in [2.45, 2.75) is 96.1 Å². The molecular formula is C19H36O3. The Bertz CT molecular complexity index is 290. The number of hydrogen-bond donors (Lipinski definition) is 0. The number of rotatable bonds is 12. The van der Waals surface area contributed by atoms with Gasteiger partial charge in [0.1, 0.15) is 0 Å². The van der Waals surface area contributed by atoms with Crippen LogP contribution >= 0.6 is 0 Å². The zero-order valence-corrected chi connectivity index (χ0v) is 14.9. The molecule has 0 aromatic rings. The van der Waals surface area contributed by atoms with E-state index in [-0.39, 0.29) is 6.29 Å². The van der Waals surface area contributed by atoms with Crippen molar-refractivity contribution in [3.8, 4) is 0 Å². The van der Waals surface area contributed by atoms with Crippen LogP contribution in [-0.4, -0.2) is 32.7 Å². The van der Waals surface area contributed by atoms with Crippen molar-refractivity contribution in [3.63, 3.8) is 0 Å². The Labute approximate surface area is 137 Å². The van der Waals surface area contributed by atoms with Crippen LogP contribution in [0.2, 0.25) is 0 Å². The van der Waals surface area contributed by atoms with E-state index in [1.165, 1.54) is 70.6 Å². The molecule has 1 heterocycles. The quantitative estimate of drug-likeness (QED) is 0.291. The maximum atomic E-state index is 5.68. The Balaban J connectivity index is 1.70. The van der Waals surface area contributed by atoms with Crippen LogP contribution in [0.5, 0.6) is 0 Å². The van der Waals surface area contributed by atoms with Crippen molar-refractivity contribution in [1.82, 2.24) is 0 Å². The van der Waals surface area contributed by atoms with Crippen molar-refractivity contribution < 1.29 is 14.2 Å². The molecule has 0 amide bonds. The van der Waals surface area contributed by atoms with Crippen LogP contribution in [0, 0.1) is 11.8 Å². The second-order valence-corrected chi connectivity index (χ2v) is 7.28. The van der Waals surface area contributed by atoms with Gasteiger partial charge in [0, 0.05) is 20.1 Å². The zero-order valence-electron chi connectivity index (χ0n) is 14.9. The Hall–Kier alpha value is -0.120. The number of fused-ring (bicyclic) bond motifs is 1. The highest BCUT2D eigenvalue weighted by Crippen LogP contribution is 2.42. The highest BCUT2D eigenvalue weighted by molar-refractivity contribution is 4.92. The lowest BCUT2D eigenvalue weighted by Crippen LogP contribution is -2.28. The minimum atomic E-state index is -0.0338. The van der Waals surface area contributed by atoms with Gasteiger partial charge in [-0.2, -0.15) is 0 Å². The number of epoxide rings is 1. The Morgan fingerprint density at radius 3 is 2.36 bits per heavy atom. The lowest BCUT2D eigenvalue weighted by atomic mass is 9.81. The third kappa shape index (κ3) is 5.82. The lowest BCUT2D eigenvalue weighted by Gasteiger charge is -2.29. The molecular weight excluding hydrogens is 276 g/mol. The van der Waals surface area contributed by atoms with Crippen LogP contribution in [0.3, 0.4) is 0 Å². The molecule has 0 radical (unpaired) electrons. The first-order valence-electron chi connectivity index (χ1n) is 9.49. The van der Waals surface area contributed by atoms with E-state index < -0.39 is 0 Å². The van der Waals surface area contributed by atoms with Gasteiger partial charge in [-0.3, -0.25) is 0 Å². The third-order valence-corrected chi connectivity index (χ3v) is 5.53. The molecule has 2 fully saturated rings. The molecule has 0 aromatic carbocycles.